The molecule has 0 aromatic heterocycles. The van der Waals surface area contributed by atoms with Crippen LogP contribution in [0.2, 0.25) is 0 Å². The lowest BCUT2D eigenvalue weighted by atomic mass is 9.79. The van der Waals surface area contributed by atoms with Crippen LogP contribution in [0.25, 0.3) is 10.8 Å². The number of piperazine rings is 1. The number of phenols is 3. The fourth-order valence-electron chi connectivity index (χ4n) is 7.99. The highest BCUT2D eigenvalue weighted by atomic mass is 16.7. The van der Waals surface area contributed by atoms with Gasteiger partial charge in [0.25, 0.3) is 11.7 Å². The largest absolute Gasteiger partial charge is 0.507 e. The van der Waals surface area contributed by atoms with Crippen LogP contribution >= 0.6 is 0 Å². The van der Waals surface area contributed by atoms with E-state index in [1.807, 2.05) is 40.8 Å². The summed E-state index contributed by atoms with van der Waals surface area (Å²) in [6.45, 7) is 15.9. The molecular weight excluding hydrogens is 748 g/mol. The van der Waals surface area contributed by atoms with Gasteiger partial charge in [0.15, 0.2) is 5.75 Å². The number of fused-ring (bicyclic) bond motifs is 14. The SMILES string of the molecule is CO[C@@H]1/C=C/O[C@@]2(C)Oc3c(C)c(O)c4c(O)c(c(/C=N\N5CCN(C)CC5)c(O)c4c3C2=O)NC(=O)/C(C)=C\C=C\[C@H](C)C[C@H](C)[C@H](O)[C@H](C)[C@H](OC(C)=O)[C@@H]1C. The fourth-order valence-corrected chi connectivity index (χ4v) is 7.99. The third-order valence-corrected chi connectivity index (χ3v) is 11.6. The second kappa shape index (κ2) is 17.8. The molecule has 15 nitrogen and oxygen atoms in total. The maximum Gasteiger partial charge on any atom is 0.312 e. The molecule has 4 aliphatic heterocycles. The number of nitrogens with one attached hydrogen (secondary N) is 1. The summed E-state index contributed by atoms with van der Waals surface area (Å²) in [6.07, 6.45) is 7.55. The molecule has 2 aromatic carbocycles. The molecule has 5 N–H and O–H groups in total. The van der Waals surface area contributed by atoms with Gasteiger partial charge in [0, 0.05) is 75.5 Å². The van der Waals surface area contributed by atoms with E-state index in [9.17, 15) is 34.8 Å². The number of carbonyl (C=O) groups excluding carboxylic acids is 3. The van der Waals surface area contributed by atoms with E-state index in [1.165, 1.54) is 40.4 Å². The summed E-state index contributed by atoms with van der Waals surface area (Å²) < 4.78 is 23.7. The van der Waals surface area contributed by atoms with Gasteiger partial charge in [-0.3, -0.25) is 19.4 Å². The lowest BCUT2D eigenvalue weighted by Crippen LogP contribution is -2.44. The van der Waals surface area contributed by atoms with Gasteiger partial charge in [-0.25, -0.2) is 0 Å². The predicted octanol–water partition coefficient (Wildman–Crippen LogP) is 5.36. The Morgan fingerprint density at radius 3 is 2.31 bits per heavy atom. The number of hydrogen-bond acceptors (Lipinski definition) is 14. The number of amides is 1. The van der Waals surface area contributed by atoms with Crippen molar-refractivity contribution in [2.45, 2.75) is 85.9 Å². The number of allylic oxidation sites excluding steroid dienone is 3. The van der Waals surface area contributed by atoms with Crippen molar-refractivity contribution < 1.29 is 53.8 Å². The van der Waals surface area contributed by atoms with Gasteiger partial charge in [-0.15, -0.1) is 0 Å². The maximum absolute atomic E-state index is 14.4. The molecule has 4 heterocycles. The van der Waals surface area contributed by atoms with E-state index in [2.05, 4.69) is 15.3 Å². The van der Waals surface area contributed by atoms with E-state index in [1.54, 1.807) is 30.2 Å². The molecule has 0 radical (unpaired) electrons. The van der Waals surface area contributed by atoms with Gasteiger partial charge in [-0.2, -0.15) is 5.10 Å². The summed E-state index contributed by atoms with van der Waals surface area (Å²) in [5.74, 6) is -6.83. The number of aromatic hydroxyl groups is 3. The zero-order valence-electron chi connectivity index (χ0n) is 35.0. The van der Waals surface area contributed by atoms with Crippen molar-refractivity contribution in [3.63, 3.8) is 0 Å². The molecule has 1 amide bonds. The lowest BCUT2D eigenvalue weighted by molar-refractivity contribution is -0.159. The number of hydrazone groups is 1. The number of hydrogen-bond donors (Lipinski definition) is 5. The van der Waals surface area contributed by atoms with Gasteiger partial charge in [0.05, 0.1) is 46.9 Å². The number of anilines is 1. The number of Topliss-reactive ketones (excluding diaryl/α,β-unsaturated/α-hetero) is 1. The molecule has 4 aliphatic rings. The van der Waals surface area contributed by atoms with Gasteiger partial charge in [-0.1, -0.05) is 45.9 Å². The topological polar surface area (TPSA) is 200 Å². The van der Waals surface area contributed by atoms with E-state index in [0.717, 1.165) is 13.1 Å². The molecule has 15 heteroatoms. The summed E-state index contributed by atoms with van der Waals surface area (Å²) in [5, 5.41) is 55.6. The number of aliphatic hydroxyl groups excluding tert-OH is 1. The van der Waals surface area contributed by atoms with Gasteiger partial charge in [-0.05, 0) is 45.2 Å². The standard InChI is InChI=1S/C43H58N4O11/c1-22-12-11-13-23(2)42(54)45-34-29(21-44-47-17-15-46(9)16-18-47)37(51)31-32(38(34)52)36(50)27(6)40-33(31)41(53)43(8,58-40)56-19-14-30(55-10)25(4)39(57-28(7)48)26(5)35(49)24(3)20-22/h11-14,19,21-22,24-26,30,35,39,49-52H,15-18,20H2,1-10H3,(H,45,54)/b12-11+,19-14+,23-13-,44-21-/t22-,24-,25+,26-,30+,35-,39+,43-/m0/s1. The van der Waals surface area contributed by atoms with Crippen molar-refractivity contribution >= 4 is 40.3 Å². The van der Waals surface area contributed by atoms with E-state index in [4.69, 9.17) is 18.9 Å². The number of rotatable bonds is 4. The highest BCUT2D eigenvalue weighted by Crippen LogP contribution is 2.55. The zero-order valence-corrected chi connectivity index (χ0v) is 35.0. The number of benzene rings is 2. The number of aliphatic hydroxyl groups is 1. The van der Waals surface area contributed by atoms with Gasteiger partial charge in [0.1, 0.15) is 23.4 Å². The molecule has 8 atom stereocenters. The number of esters is 1. The number of carbonyl (C=O) groups is 3. The normalized spacial score (nSPS) is 31.1. The average Bonchev–Trinajstić information content (AvgIpc) is 3.44. The molecule has 0 saturated carbocycles. The molecule has 0 spiro atoms. The fraction of sp³-hybridized carbons (Fsp3) is 0.535. The summed E-state index contributed by atoms with van der Waals surface area (Å²) >= 11 is 0. The average molecular weight is 807 g/mol. The van der Waals surface area contributed by atoms with E-state index < -0.39 is 70.8 Å². The van der Waals surface area contributed by atoms with E-state index in [-0.39, 0.29) is 56.3 Å². The maximum atomic E-state index is 14.4. The molecule has 0 unspecified atom stereocenters. The van der Waals surface area contributed by atoms with Crippen LogP contribution in [0.5, 0.6) is 23.0 Å². The van der Waals surface area contributed by atoms with Crippen LogP contribution in [0.3, 0.4) is 0 Å². The summed E-state index contributed by atoms with van der Waals surface area (Å²) in [4.78, 5) is 42.6. The van der Waals surface area contributed by atoms with Gasteiger partial charge in [0.2, 0.25) is 0 Å². The first-order chi connectivity index (χ1) is 27.3. The summed E-state index contributed by atoms with van der Waals surface area (Å²) in [5.41, 5.74) is -0.149. The van der Waals surface area contributed by atoms with Crippen LogP contribution in [0.15, 0.2) is 41.2 Å². The first kappa shape index (κ1) is 44.0. The number of likely N-dealkylation sites (N-methyl/N-ethyl adjacent to an activating group) is 1. The quantitative estimate of drug-likeness (QED) is 0.115. The first-order valence-electron chi connectivity index (χ1n) is 19.7. The Kier molecular flexibility index (Phi) is 13.5. The van der Waals surface area contributed by atoms with Gasteiger partial charge < -0.3 is 49.6 Å². The minimum atomic E-state index is -2.01. The third kappa shape index (κ3) is 8.81. The molecule has 5 bridgehead atoms. The minimum absolute atomic E-state index is 0.0243. The van der Waals surface area contributed by atoms with Crippen LogP contribution in [0, 0.1) is 30.6 Å². The molecule has 1 saturated heterocycles. The molecule has 0 aliphatic carbocycles. The molecule has 316 valence electrons. The van der Waals surface area contributed by atoms with Crippen LogP contribution in [0.4, 0.5) is 5.69 Å². The van der Waals surface area contributed by atoms with Crippen molar-refractivity contribution in [3.8, 4) is 23.0 Å². The Hall–Kier alpha value is -5.12. The number of methoxy groups -OCH3 is 1. The van der Waals surface area contributed by atoms with Crippen molar-refractivity contribution in [2.75, 3.05) is 45.7 Å². The second-order valence-corrected chi connectivity index (χ2v) is 16.1. The highest BCUT2D eigenvalue weighted by Gasteiger charge is 2.50. The molecule has 1 fully saturated rings. The van der Waals surface area contributed by atoms with Gasteiger partial charge >= 0.3 is 11.8 Å². The van der Waals surface area contributed by atoms with Crippen molar-refractivity contribution in [1.29, 1.82) is 0 Å². The smallest absolute Gasteiger partial charge is 0.312 e. The number of ketones is 1. The molecule has 58 heavy (non-hydrogen) atoms. The van der Waals surface area contributed by atoms with E-state index in [0.29, 0.717) is 19.5 Å². The van der Waals surface area contributed by atoms with E-state index >= 15 is 0 Å². The Bertz CT molecular complexity index is 2040. The molecular formula is C43H58N4O11. The van der Waals surface area contributed by atoms with Crippen molar-refractivity contribution in [3.05, 3.63) is 52.8 Å². The Labute approximate surface area is 339 Å². The number of nitrogens with zero attached hydrogens (tertiary/aromatic N) is 3. The lowest BCUT2D eigenvalue weighted by Gasteiger charge is -2.36. The highest BCUT2D eigenvalue weighted by molar-refractivity contribution is 6.23. The Morgan fingerprint density at radius 1 is 1.00 bits per heavy atom. The van der Waals surface area contributed by atoms with Crippen molar-refractivity contribution in [1.82, 2.24) is 9.91 Å². The Morgan fingerprint density at radius 2 is 1.67 bits per heavy atom. The monoisotopic (exact) mass is 806 g/mol. The van der Waals surface area contributed by atoms with Crippen LogP contribution in [-0.2, 0) is 23.8 Å². The predicted molar refractivity (Wildman–Crippen MR) is 219 cm³/mol. The van der Waals surface area contributed by atoms with Crippen molar-refractivity contribution in [2.24, 2.45) is 28.8 Å². The minimum Gasteiger partial charge on any atom is -0.507 e. The number of phenolic OH excluding ortho intramolecular Hbond substituents is 3. The third-order valence-electron chi connectivity index (χ3n) is 11.6. The Balaban J connectivity index is 1.69. The summed E-state index contributed by atoms with van der Waals surface area (Å²) in [6, 6.07) is 0. The van der Waals surface area contributed by atoms with Crippen LogP contribution < -0.4 is 10.1 Å². The first-order valence-corrected chi connectivity index (χ1v) is 19.7. The second-order valence-electron chi connectivity index (χ2n) is 16.1. The zero-order chi connectivity index (χ0) is 42.8. The summed E-state index contributed by atoms with van der Waals surface area (Å²) in [7, 11) is 3.47. The molecule has 6 rings (SSSR count). The van der Waals surface area contributed by atoms with Crippen LogP contribution in [0.1, 0.15) is 76.4 Å². The van der Waals surface area contributed by atoms with Crippen LogP contribution in [-0.4, -0.2) is 119 Å². The number of ether oxygens (including phenoxy) is 4. The molecule has 2 aromatic rings.